The van der Waals surface area contributed by atoms with Crippen molar-refractivity contribution in [3.05, 3.63) is 0 Å². The summed E-state index contributed by atoms with van der Waals surface area (Å²) in [6.07, 6.45) is 4.37. The molecule has 0 radical (unpaired) electrons. The molecule has 3 aliphatic rings. The number of nitrogens with one attached hydrogen (secondary N) is 2. The highest BCUT2D eigenvalue weighted by Crippen LogP contribution is 2.34. The normalized spacial score (nSPS) is 36.2. The van der Waals surface area contributed by atoms with Gasteiger partial charge in [0, 0.05) is 25.2 Å². The Hall–Kier alpha value is -0.850. The Labute approximate surface area is 140 Å². The summed E-state index contributed by atoms with van der Waals surface area (Å²) in [7, 11) is 0. The summed E-state index contributed by atoms with van der Waals surface area (Å²) in [6.45, 7) is 11.0. The largest absolute Gasteiger partial charge is 0.379 e. The number of ether oxygens (including phenoxy) is 2. The lowest BCUT2D eigenvalue weighted by atomic mass is 9.96. The quantitative estimate of drug-likeness (QED) is 0.583. The fraction of sp³-hybridized carbons (Fsp3) is 0.941. The molecule has 0 aromatic heterocycles. The summed E-state index contributed by atoms with van der Waals surface area (Å²) >= 11 is 0. The minimum absolute atomic E-state index is 0.376. The van der Waals surface area contributed by atoms with Crippen LogP contribution in [0.4, 0.5) is 0 Å². The molecule has 3 aliphatic heterocycles. The van der Waals surface area contributed by atoms with Crippen LogP contribution in [0.2, 0.25) is 0 Å². The molecule has 0 amide bonds. The molecule has 23 heavy (non-hydrogen) atoms. The van der Waals surface area contributed by atoms with Crippen LogP contribution in [0, 0.1) is 0 Å². The Morgan fingerprint density at radius 3 is 2.91 bits per heavy atom. The summed E-state index contributed by atoms with van der Waals surface area (Å²) in [5.74, 6) is 0.932. The van der Waals surface area contributed by atoms with Crippen molar-refractivity contribution in [1.82, 2.24) is 15.5 Å². The lowest BCUT2D eigenvalue weighted by Gasteiger charge is -2.37. The van der Waals surface area contributed by atoms with Crippen LogP contribution in [-0.4, -0.2) is 74.0 Å². The Kier molecular flexibility index (Phi) is 5.77. The summed E-state index contributed by atoms with van der Waals surface area (Å²) in [5.41, 5.74) is 0. The first-order chi connectivity index (χ1) is 11.2. The van der Waals surface area contributed by atoms with Gasteiger partial charge in [-0.3, -0.25) is 9.89 Å². The molecule has 5 unspecified atom stereocenters. The second kappa shape index (κ2) is 7.81. The van der Waals surface area contributed by atoms with Gasteiger partial charge in [0.15, 0.2) is 5.96 Å². The van der Waals surface area contributed by atoms with E-state index in [0.717, 1.165) is 45.2 Å². The SMILES string of the molecule is CCNC(=NCC(C)N1CCOCC1C)NC1CC2CCC1O2. The van der Waals surface area contributed by atoms with Crippen molar-refractivity contribution >= 4 is 5.96 Å². The first-order valence-electron chi connectivity index (χ1n) is 9.21. The predicted octanol–water partition coefficient (Wildman–Crippen LogP) is 0.971. The zero-order valence-electron chi connectivity index (χ0n) is 14.8. The molecule has 0 saturated carbocycles. The monoisotopic (exact) mass is 324 g/mol. The van der Waals surface area contributed by atoms with Crippen molar-refractivity contribution < 1.29 is 9.47 Å². The number of hydrogen-bond acceptors (Lipinski definition) is 4. The second-order valence-electron chi connectivity index (χ2n) is 7.09. The summed E-state index contributed by atoms with van der Waals surface area (Å²) in [5, 5.41) is 6.97. The van der Waals surface area contributed by atoms with Gasteiger partial charge >= 0.3 is 0 Å². The fourth-order valence-electron chi connectivity index (χ4n) is 4.01. The molecule has 2 N–H and O–H groups in total. The van der Waals surface area contributed by atoms with Crippen LogP contribution in [0.25, 0.3) is 0 Å². The molecule has 0 spiro atoms. The topological polar surface area (TPSA) is 58.1 Å². The Bertz CT molecular complexity index is 417. The molecule has 0 aromatic carbocycles. The highest BCUT2D eigenvalue weighted by Gasteiger charge is 2.41. The maximum atomic E-state index is 5.93. The van der Waals surface area contributed by atoms with E-state index >= 15 is 0 Å². The van der Waals surface area contributed by atoms with Gasteiger partial charge in [0.25, 0.3) is 0 Å². The zero-order valence-corrected chi connectivity index (χ0v) is 14.8. The van der Waals surface area contributed by atoms with E-state index in [0.29, 0.717) is 30.3 Å². The number of guanidine groups is 1. The molecule has 0 aliphatic carbocycles. The summed E-state index contributed by atoms with van der Waals surface area (Å²) in [4.78, 5) is 7.32. The van der Waals surface area contributed by atoms with Gasteiger partial charge in [0.2, 0.25) is 0 Å². The summed E-state index contributed by atoms with van der Waals surface area (Å²) < 4.78 is 11.5. The van der Waals surface area contributed by atoms with Gasteiger partial charge < -0.3 is 20.1 Å². The van der Waals surface area contributed by atoms with Crippen molar-refractivity contribution in [1.29, 1.82) is 0 Å². The Morgan fingerprint density at radius 2 is 2.26 bits per heavy atom. The van der Waals surface area contributed by atoms with Crippen LogP contribution in [-0.2, 0) is 9.47 Å². The van der Waals surface area contributed by atoms with Gasteiger partial charge in [-0.05, 0) is 40.0 Å². The first kappa shape index (κ1) is 17.0. The van der Waals surface area contributed by atoms with E-state index in [1.165, 1.54) is 12.8 Å². The molecule has 3 saturated heterocycles. The predicted molar refractivity (Wildman–Crippen MR) is 91.9 cm³/mol. The van der Waals surface area contributed by atoms with E-state index in [2.05, 4.69) is 36.3 Å². The molecular weight excluding hydrogens is 292 g/mol. The Morgan fingerprint density at radius 1 is 1.39 bits per heavy atom. The minimum Gasteiger partial charge on any atom is -0.379 e. The zero-order chi connectivity index (χ0) is 16.2. The number of fused-ring (bicyclic) bond motifs is 2. The van der Waals surface area contributed by atoms with Crippen LogP contribution < -0.4 is 10.6 Å². The first-order valence-corrected chi connectivity index (χ1v) is 9.21. The molecule has 3 heterocycles. The third-order valence-electron chi connectivity index (χ3n) is 5.27. The molecule has 132 valence electrons. The molecule has 3 fully saturated rings. The van der Waals surface area contributed by atoms with Gasteiger partial charge in [-0.2, -0.15) is 0 Å². The van der Waals surface area contributed by atoms with Crippen molar-refractivity contribution in [3.8, 4) is 0 Å². The highest BCUT2D eigenvalue weighted by molar-refractivity contribution is 5.80. The van der Waals surface area contributed by atoms with Gasteiger partial charge in [-0.15, -0.1) is 0 Å². The van der Waals surface area contributed by atoms with E-state index < -0.39 is 0 Å². The lowest BCUT2D eigenvalue weighted by molar-refractivity contribution is -0.0166. The minimum atomic E-state index is 0.376. The second-order valence-corrected chi connectivity index (χ2v) is 7.09. The van der Waals surface area contributed by atoms with Crippen molar-refractivity contribution in [3.63, 3.8) is 0 Å². The standard InChI is InChI=1S/C17H32N4O2/c1-4-18-17(20-15-9-14-5-6-16(15)23-14)19-10-12(2)21-7-8-22-11-13(21)3/h12-16H,4-11H2,1-3H3,(H2,18,19,20). The van der Waals surface area contributed by atoms with Crippen LogP contribution in [0.5, 0.6) is 0 Å². The van der Waals surface area contributed by atoms with E-state index in [9.17, 15) is 0 Å². The van der Waals surface area contributed by atoms with Crippen molar-refractivity contribution in [2.24, 2.45) is 4.99 Å². The van der Waals surface area contributed by atoms with Crippen LogP contribution in [0.3, 0.4) is 0 Å². The van der Waals surface area contributed by atoms with E-state index in [1.807, 2.05) is 0 Å². The van der Waals surface area contributed by atoms with Crippen molar-refractivity contribution in [2.75, 3.05) is 32.8 Å². The van der Waals surface area contributed by atoms with E-state index in [-0.39, 0.29) is 0 Å². The van der Waals surface area contributed by atoms with Gasteiger partial charge in [0.1, 0.15) is 0 Å². The average Bonchev–Trinajstić information content (AvgIpc) is 3.16. The van der Waals surface area contributed by atoms with E-state index in [4.69, 9.17) is 14.5 Å². The third kappa shape index (κ3) is 4.17. The molecule has 6 nitrogen and oxygen atoms in total. The average molecular weight is 324 g/mol. The lowest BCUT2D eigenvalue weighted by Crippen LogP contribution is -2.50. The molecule has 3 rings (SSSR count). The van der Waals surface area contributed by atoms with Crippen LogP contribution >= 0.6 is 0 Å². The van der Waals surface area contributed by atoms with Crippen LogP contribution in [0.1, 0.15) is 40.0 Å². The smallest absolute Gasteiger partial charge is 0.191 e. The summed E-state index contributed by atoms with van der Waals surface area (Å²) in [6, 6.07) is 1.33. The number of rotatable bonds is 5. The van der Waals surface area contributed by atoms with Crippen LogP contribution in [0.15, 0.2) is 4.99 Å². The molecule has 5 atom stereocenters. The highest BCUT2D eigenvalue weighted by atomic mass is 16.5. The van der Waals surface area contributed by atoms with Gasteiger partial charge in [-0.25, -0.2) is 0 Å². The number of nitrogens with zero attached hydrogens (tertiary/aromatic N) is 2. The number of morpholine rings is 1. The van der Waals surface area contributed by atoms with Gasteiger partial charge in [0.05, 0.1) is 38.0 Å². The van der Waals surface area contributed by atoms with Crippen molar-refractivity contribution in [2.45, 2.75) is 70.4 Å². The number of hydrogen-bond donors (Lipinski definition) is 2. The van der Waals surface area contributed by atoms with Gasteiger partial charge in [-0.1, -0.05) is 0 Å². The molecule has 2 bridgehead atoms. The Balaban J connectivity index is 1.53. The molecule has 6 heteroatoms. The fourth-order valence-corrected chi connectivity index (χ4v) is 4.01. The number of aliphatic imine (C=N–C) groups is 1. The molecule has 0 aromatic rings. The van der Waals surface area contributed by atoms with E-state index in [1.54, 1.807) is 0 Å². The maximum absolute atomic E-state index is 5.93. The maximum Gasteiger partial charge on any atom is 0.191 e. The third-order valence-corrected chi connectivity index (χ3v) is 5.27. The molecular formula is C17H32N4O2.